The van der Waals surface area contributed by atoms with Crippen LogP contribution in [0.2, 0.25) is 5.02 Å². The molecule has 3 fully saturated rings. The van der Waals surface area contributed by atoms with Gasteiger partial charge in [0.2, 0.25) is 11.8 Å². The fourth-order valence-electron chi connectivity index (χ4n) is 5.65. The zero-order valence-electron chi connectivity index (χ0n) is 19.8. The maximum absolute atomic E-state index is 13.1. The Kier molecular flexibility index (Phi) is 9.04. The first-order valence-corrected chi connectivity index (χ1v) is 13.3. The predicted molar refractivity (Wildman–Crippen MR) is 132 cm³/mol. The van der Waals surface area contributed by atoms with E-state index < -0.39 is 0 Å². The Bertz CT molecular complexity index is 790. The van der Waals surface area contributed by atoms with Gasteiger partial charge in [-0.2, -0.15) is 0 Å². The summed E-state index contributed by atoms with van der Waals surface area (Å²) in [6.45, 7) is 6.38. The molecule has 0 radical (unpaired) electrons. The van der Waals surface area contributed by atoms with E-state index in [0.717, 1.165) is 69.0 Å². The van der Waals surface area contributed by atoms with E-state index in [1.165, 1.54) is 25.7 Å². The topological polar surface area (TPSA) is 55.9 Å². The van der Waals surface area contributed by atoms with Crippen molar-refractivity contribution < 1.29 is 9.59 Å². The highest BCUT2D eigenvalue weighted by atomic mass is 35.5. The Balaban J connectivity index is 1.30. The fraction of sp³-hybridized carbons (Fsp3) is 0.692. The second-order valence-electron chi connectivity index (χ2n) is 9.90. The van der Waals surface area contributed by atoms with Gasteiger partial charge in [-0.15, -0.1) is 0 Å². The average Bonchev–Trinajstić information content (AvgIpc) is 3.21. The minimum absolute atomic E-state index is 0.0325. The lowest BCUT2D eigenvalue weighted by Gasteiger charge is -2.34. The molecule has 182 valence electrons. The molecule has 0 aliphatic carbocycles. The largest absolute Gasteiger partial charge is 0.353 e. The first-order chi connectivity index (χ1) is 16.1. The number of nitrogens with one attached hydrogen (secondary N) is 1. The molecule has 1 N–H and O–H groups in total. The van der Waals surface area contributed by atoms with Crippen LogP contribution in [-0.4, -0.2) is 78.9 Å². The third-order valence-corrected chi connectivity index (χ3v) is 7.82. The van der Waals surface area contributed by atoms with E-state index >= 15 is 0 Å². The highest BCUT2D eigenvalue weighted by Crippen LogP contribution is 2.29. The average molecular weight is 475 g/mol. The second kappa shape index (κ2) is 12.2. The number of carbonyl (C=O) groups excluding carboxylic acids is 2. The van der Waals surface area contributed by atoms with Gasteiger partial charge in [-0.3, -0.25) is 19.4 Å². The lowest BCUT2D eigenvalue weighted by Crippen LogP contribution is -2.48. The minimum atomic E-state index is 0.0325. The maximum Gasteiger partial charge on any atom is 0.234 e. The predicted octanol–water partition coefficient (Wildman–Crippen LogP) is 3.71. The van der Waals surface area contributed by atoms with Crippen LogP contribution in [0.3, 0.4) is 0 Å². The SMILES string of the molecule is O=C(CN1CCCC(C(=O)N2CCCCCC2)C1)NCC(c1ccccc1Cl)N1CCCC1. The summed E-state index contributed by atoms with van der Waals surface area (Å²) in [4.78, 5) is 32.6. The van der Waals surface area contributed by atoms with Gasteiger partial charge in [-0.25, -0.2) is 0 Å². The molecule has 3 aliphatic rings. The number of carbonyl (C=O) groups is 2. The molecule has 7 heteroatoms. The summed E-state index contributed by atoms with van der Waals surface area (Å²) in [7, 11) is 0. The van der Waals surface area contributed by atoms with Crippen molar-refractivity contribution in [2.75, 3.05) is 52.4 Å². The van der Waals surface area contributed by atoms with Crippen LogP contribution >= 0.6 is 11.6 Å². The highest BCUT2D eigenvalue weighted by molar-refractivity contribution is 6.31. The molecule has 33 heavy (non-hydrogen) atoms. The van der Waals surface area contributed by atoms with Crippen LogP contribution < -0.4 is 5.32 Å². The number of hydrogen-bond donors (Lipinski definition) is 1. The Morgan fingerprint density at radius 2 is 1.64 bits per heavy atom. The maximum atomic E-state index is 13.1. The van der Waals surface area contributed by atoms with Crippen molar-refractivity contribution in [3.63, 3.8) is 0 Å². The van der Waals surface area contributed by atoms with Crippen LogP contribution in [0.5, 0.6) is 0 Å². The van der Waals surface area contributed by atoms with Gasteiger partial charge < -0.3 is 10.2 Å². The van der Waals surface area contributed by atoms with Crippen molar-refractivity contribution in [3.05, 3.63) is 34.9 Å². The Hall–Kier alpha value is -1.63. The van der Waals surface area contributed by atoms with Gasteiger partial charge in [0, 0.05) is 31.2 Å². The summed E-state index contributed by atoms with van der Waals surface area (Å²) in [6.07, 6.45) is 9.00. The van der Waals surface area contributed by atoms with Crippen molar-refractivity contribution in [3.8, 4) is 0 Å². The van der Waals surface area contributed by atoms with Gasteiger partial charge in [-0.05, 0) is 69.8 Å². The molecule has 0 aromatic heterocycles. The van der Waals surface area contributed by atoms with E-state index in [0.29, 0.717) is 25.5 Å². The lowest BCUT2D eigenvalue weighted by molar-refractivity contribution is -0.138. The van der Waals surface area contributed by atoms with Crippen molar-refractivity contribution >= 4 is 23.4 Å². The Morgan fingerprint density at radius 3 is 2.36 bits per heavy atom. The molecule has 1 aromatic rings. The van der Waals surface area contributed by atoms with Crippen LogP contribution in [0.4, 0.5) is 0 Å². The van der Waals surface area contributed by atoms with E-state index in [1.54, 1.807) is 0 Å². The van der Waals surface area contributed by atoms with Crippen molar-refractivity contribution in [2.45, 2.75) is 57.4 Å². The normalized spacial score (nSPS) is 23.8. The number of rotatable bonds is 7. The second-order valence-corrected chi connectivity index (χ2v) is 10.3. The number of hydrogen-bond acceptors (Lipinski definition) is 4. The minimum Gasteiger partial charge on any atom is -0.353 e. The van der Waals surface area contributed by atoms with Crippen molar-refractivity contribution in [1.29, 1.82) is 0 Å². The zero-order chi connectivity index (χ0) is 23.0. The smallest absolute Gasteiger partial charge is 0.234 e. The molecule has 3 heterocycles. The molecule has 4 rings (SSSR count). The van der Waals surface area contributed by atoms with E-state index in [1.807, 2.05) is 18.2 Å². The Labute approximate surface area is 203 Å². The third-order valence-electron chi connectivity index (χ3n) is 7.48. The van der Waals surface area contributed by atoms with Gasteiger partial charge >= 0.3 is 0 Å². The summed E-state index contributed by atoms with van der Waals surface area (Å²) in [5, 5.41) is 3.93. The highest BCUT2D eigenvalue weighted by Gasteiger charge is 2.31. The van der Waals surface area contributed by atoms with Gasteiger partial charge in [0.05, 0.1) is 18.5 Å². The van der Waals surface area contributed by atoms with E-state index in [9.17, 15) is 9.59 Å². The van der Waals surface area contributed by atoms with Crippen LogP contribution in [-0.2, 0) is 9.59 Å². The summed E-state index contributed by atoms with van der Waals surface area (Å²) in [5.74, 6) is 0.370. The monoisotopic (exact) mass is 474 g/mol. The number of halogens is 1. The molecular weight excluding hydrogens is 436 g/mol. The molecule has 3 saturated heterocycles. The first-order valence-electron chi connectivity index (χ1n) is 12.9. The third kappa shape index (κ3) is 6.71. The molecule has 1 aromatic carbocycles. The molecule has 0 saturated carbocycles. The van der Waals surface area contributed by atoms with Crippen LogP contribution in [0, 0.1) is 5.92 Å². The summed E-state index contributed by atoms with van der Waals surface area (Å²) in [5.41, 5.74) is 1.09. The van der Waals surface area contributed by atoms with Crippen LogP contribution in [0.15, 0.2) is 24.3 Å². The molecule has 3 aliphatic heterocycles. The summed E-state index contributed by atoms with van der Waals surface area (Å²) >= 11 is 6.50. The van der Waals surface area contributed by atoms with E-state index in [-0.39, 0.29) is 17.9 Å². The number of nitrogens with zero attached hydrogens (tertiary/aromatic N) is 3. The fourth-order valence-corrected chi connectivity index (χ4v) is 5.92. The van der Waals surface area contributed by atoms with Crippen LogP contribution in [0.1, 0.15) is 63.0 Å². The van der Waals surface area contributed by atoms with E-state index in [4.69, 9.17) is 11.6 Å². The first kappa shape index (κ1) is 24.5. The van der Waals surface area contributed by atoms with Crippen LogP contribution in [0.25, 0.3) is 0 Å². The molecule has 2 unspecified atom stereocenters. The number of likely N-dealkylation sites (tertiary alicyclic amines) is 3. The summed E-state index contributed by atoms with van der Waals surface area (Å²) in [6, 6.07) is 8.06. The Morgan fingerprint density at radius 1 is 0.939 bits per heavy atom. The summed E-state index contributed by atoms with van der Waals surface area (Å²) < 4.78 is 0. The number of amides is 2. The quantitative estimate of drug-likeness (QED) is 0.654. The molecule has 2 atom stereocenters. The van der Waals surface area contributed by atoms with Crippen molar-refractivity contribution in [1.82, 2.24) is 20.0 Å². The van der Waals surface area contributed by atoms with Crippen molar-refractivity contribution in [2.24, 2.45) is 5.92 Å². The number of piperidine rings is 1. The zero-order valence-corrected chi connectivity index (χ0v) is 20.6. The van der Waals surface area contributed by atoms with Gasteiger partial charge in [-0.1, -0.05) is 42.6 Å². The van der Waals surface area contributed by atoms with E-state index in [2.05, 4.69) is 26.1 Å². The molecular formula is C26H39ClN4O2. The van der Waals surface area contributed by atoms with Gasteiger partial charge in [0.1, 0.15) is 0 Å². The van der Waals surface area contributed by atoms with Gasteiger partial charge in [0.25, 0.3) is 0 Å². The molecule has 0 bridgehead atoms. The molecule has 0 spiro atoms. The number of benzene rings is 1. The van der Waals surface area contributed by atoms with Gasteiger partial charge in [0.15, 0.2) is 0 Å². The molecule has 6 nitrogen and oxygen atoms in total. The standard InChI is InChI=1S/C26H39ClN4O2/c27-23-12-4-3-11-22(23)24(30-14-7-8-15-30)18-28-25(32)20-29-13-9-10-21(19-29)26(33)31-16-5-1-2-6-17-31/h3-4,11-12,21,24H,1-2,5-10,13-20H2,(H,28,32). The molecule has 2 amide bonds. The lowest BCUT2D eigenvalue weighted by atomic mass is 9.96.